The number of rotatable bonds is 3. The molecule has 3 atom stereocenters. The summed E-state index contributed by atoms with van der Waals surface area (Å²) in [6, 6.07) is 7.77. The van der Waals surface area contributed by atoms with Gasteiger partial charge in [0.05, 0.1) is 6.10 Å². The highest BCUT2D eigenvalue weighted by Gasteiger charge is 2.49. The summed E-state index contributed by atoms with van der Waals surface area (Å²) in [4.78, 5) is 0. The molecule has 0 spiro atoms. The number of halogens is 1. The Morgan fingerprint density at radius 2 is 2.16 bits per heavy atom. The number of hydrogen-bond donors (Lipinski definition) is 1. The fraction of sp³-hybridized carbons (Fsp3) is 0.625. The quantitative estimate of drug-likeness (QED) is 0.912. The van der Waals surface area contributed by atoms with Crippen molar-refractivity contribution in [2.75, 3.05) is 7.11 Å². The second kappa shape index (κ2) is 4.87. The van der Waals surface area contributed by atoms with Gasteiger partial charge in [-0.1, -0.05) is 35.8 Å². The highest BCUT2D eigenvalue weighted by molar-refractivity contribution is 9.10. The van der Waals surface area contributed by atoms with Gasteiger partial charge in [-0.25, -0.2) is 0 Å². The van der Waals surface area contributed by atoms with Gasteiger partial charge in [-0.15, -0.1) is 0 Å². The third-order valence-corrected chi connectivity index (χ3v) is 5.54. The van der Waals surface area contributed by atoms with E-state index in [1.165, 1.54) is 28.4 Å². The van der Waals surface area contributed by atoms with E-state index in [2.05, 4.69) is 53.3 Å². The van der Waals surface area contributed by atoms with E-state index in [1.54, 1.807) is 0 Å². The zero-order valence-electron chi connectivity index (χ0n) is 11.9. The summed E-state index contributed by atoms with van der Waals surface area (Å²) in [5.41, 5.74) is 3.22. The molecule has 3 heteroatoms. The molecule has 1 saturated carbocycles. The first-order valence-electron chi connectivity index (χ1n) is 7.09. The maximum Gasteiger partial charge on any atom is 0.0652 e. The van der Waals surface area contributed by atoms with E-state index in [1.807, 2.05) is 7.11 Å². The second-order valence-electron chi connectivity index (χ2n) is 6.44. The minimum atomic E-state index is 0.243. The van der Waals surface area contributed by atoms with E-state index in [4.69, 9.17) is 4.74 Å². The van der Waals surface area contributed by atoms with Crippen molar-refractivity contribution in [1.82, 2.24) is 5.32 Å². The Bertz CT molecular complexity index is 486. The van der Waals surface area contributed by atoms with Gasteiger partial charge in [-0.05, 0) is 42.5 Å². The van der Waals surface area contributed by atoms with Gasteiger partial charge in [0.1, 0.15) is 0 Å². The molecule has 1 fully saturated rings. The minimum Gasteiger partial charge on any atom is -0.381 e. The monoisotopic (exact) mass is 323 g/mol. The van der Waals surface area contributed by atoms with Crippen LogP contribution in [0.25, 0.3) is 0 Å². The van der Waals surface area contributed by atoms with Gasteiger partial charge in [-0.2, -0.15) is 0 Å². The van der Waals surface area contributed by atoms with Gasteiger partial charge >= 0.3 is 0 Å². The number of hydrogen-bond acceptors (Lipinski definition) is 2. The molecule has 1 aromatic rings. The van der Waals surface area contributed by atoms with Crippen LogP contribution in [0.1, 0.15) is 43.9 Å². The average molecular weight is 324 g/mol. The summed E-state index contributed by atoms with van der Waals surface area (Å²) in [7, 11) is 1.82. The Balaban J connectivity index is 1.71. The lowest BCUT2D eigenvalue weighted by molar-refractivity contribution is -0.100. The van der Waals surface area contributed by atoms with E-state index in [9.17, 15) is 0 Å². The number of ether oxygens (including phenoxy) is 1. The number of aryl methyl sites for hydroxylation is 1. The molecule has 2 nitrogen and oxygen atoms in total. The van der Waals surface area contributed by atoms with Crippen molar-refractivity contribution in [3.8, 4) is 0 Å². The fourth-order valence-corrected chi connectivity index (χ4v) is 3.98. The van der Waals surface area contributed by atoms with Crippen molar-refractivity contribution in [2.24, 2.45) is 5.41 Å². The first-order valence-corrected chi connectivity index (χ1v) is 7.89. The number of nitrogens with one attached hydrogen (secondary N) is 1. The fourth-order valence-electron chi connectivity index (χ4n) is 3.57. The summed E-state index contributed by atoms with van der Waals surface area (Å²) < 4.78 is 6.73. The van der Waals surface area contributed by atoms with Crippen molar-refractivity contribution >= 4 is 15.9 Å². The van der Waals surface area contributed by atoms with Crippen LogP contribution in [0.15, 0.2) is 22.7 Å². The Morgan fingerprint density at radius 1 is 1.37 bits per heavy atom. The summed E-state index contributed by atoms with van der Waals surface area (Å²) in [6.07, 6.45) is 3.94. The molecule has 19 heavy (non-hydrogen) atoms. The van der Waals surface area contributed by atoms with Crippen molar-refractivity contribution in [1.29, 1.82) is 0 Å². The lowest BCUT2D eigenvalue weighted by Crippen LogP contribution is -2.61. The number of methoxy groups -OCH3 is 1. The molecule has 0 aliphatic heterocycles. The standard InChI is InChI=1S/C16H22BrNO/c1-16(2)14(9-15(16)19-3)18-13-7-4-10-8-11(17)5-6-12(10)13/h5-6,8,13-15,18H,4,7,9H2,1-3H3. The van der Waals surface area contributed by atoms with Gasteiger partial charge in [0, 0.05) is 29.1 Å². The average Bonchev–Trinajstić information content (AvgIpc) is 2.76. The Kier molecular flexibility index (Phi) is 3.48. The minimum absolute atomic E-state index is 0.243. The van der Waals surface area contributed by atoms with Crippen LogP contribution in [-0.4, -0.2) is 19.3 Å². The third-order valence-electron chi connectivity index (χ3n) is 5.05. The molecule has 2 aliphatic rings. The predicted molar refractivity (Wildman–Crippen MR) is 81.3 cm³/mol. The molecule has 0 saturated heterocycles. The van der Waals surface area contributed by atoms with Crippen LogP contribution >= 0.6 is 15.9 Å². The molecule has 0 bridgehead atoms. The van der Waals surface area contributed by atoms with Crippen LogP contribution in [-0.2, 0) is 11.2 Å². The molecule has 3 rings (SSSR count). The molecule has 0 amide bonds. The van der Waals surface area contributed by atoms with E-state index in [0.717, 1.165) is 6.42 Å². The lowest BCUT2D eigenvalue weighted by Gasteiger charge is -2.52. The summed E-state index contributed by atoms with van der Waals surface area (Å²) >= 11 is 3.56. The number of benzene rings is 1. The van der Waals surface area contributed by atoms with E-state index in [0.29, 0.717) is 18.2 Å². The SMILES string of the molecule is COC1CC(NC2CCc3cc(Br)ccc32)C1(C)C. The second-order valence-corrected chi connectivity index (χ2v) is 7.35. The summed E-state index contributed by atoms with van der Waals surface area (Å²) in [5.74, 6) is 0. The third kappa shape index (κ3) is 2.26. The smallest absolute Gasteiger partial charge is 0.0652 e. The van der Waals surface area contributed by atoms with Gasteiger partial charge in [0.2, 0.25) is 0 Å². The summed E-state index contributed by atoms with van der Waals surface area (Å²) in [6.45, 7) is 4.61. The Morgan fingerprint density at radius 3 is 2.84 bits per heavy atom. The van der Waals surface area contributed by atoms with E-state index < -0.39 is 0 Å². The molecule has 1 N–H and O–H groups in total. The van der Waals surface area contributed by atoms with E-state index >= 15 is 0 Å². The van der Waals surface area contributed by atoms with Gasteiger partial charge in [-0.3, -0.25) is 0 Å². The number of fused-ring (bicyclic) bond motifs is 1. The van der Waals surface area contributed by atoms with Crippen molar-refractivity contribution in [3.63, 3.8) is 0 Å². The van der Waals surface area contributed by atoms with Crippen LogP contribution in [0.3, 0.4) is 0 Å². The highest BCUT2D eigenvalue weighted by Crippen LogP contribution is 2.44. The molecule has 104 valence electrons. The molecule has 0 heterocycles. The normalized spacial score (nSPS) is 31.9. The molecular formula is C16H22BrNO. The van der Waals surface area contributed by atoms with Crippen molar-refractivity contribution in [2.45, 2.75) is 51.3 Å². The topological polar surface area (TPSA) is 21.3 Å². The molecule has 3 unspecified atom stereocenters. The summed E-state index contributed by atoms with van der Waals surface area (Å²) in [5, 5.41) is 3.85. The molecular weight excluding hydrogens is 302 g/mol. The molecule has 1 aromatic carbocycles. The zero-order valence-corrected chi connectivity index (χ0v) is 13.5. The van der Waals surface area contributed by atoms with Crippen LogP contribution < -0.4 is 5.32 Å². The molecule has 0 radical (unpaired) electrons. The van der Waals surface area contributed by atoms with Gasteiger partial charge < -0.3 is 10.1 Å². The zero-order chi connectivity index (χ0) is 13.6. The van der Waals surface area contributed by atoms with Crippen molar-refractivity contribution < 1.29 is 4.74 Å². The van der Waals surface area contributed by atoms with Gasteiger partial charge in [0.15, 0.2) is 0 Å². The maximum absolute atomic E-state index is 5.54. The van der Waals surface area contributed by atoms with Crippen LogP contribution in [0, 0.1) is 5.41 Å². The van der Waals surface area contributed by atoms with E-state index in [-0.39, 0.29) is 5.41 Å². The Labute approximate surface area is 124 Å². The maximum atomic E-state index is 5.54. The largest absolute Gasteiger partial charge is 0.381 e. The van der Waals surface area contributed by atoms with Crippen molar-refractivity contribution in [3.05, 3.63) is 33.8 Å². The molecule has 2 aliphatic carbocycles. The predicted octanol–water partition coefficient (Wildman–Crippen LogP) is 3.84. The van der Waals surface area contributed by atoms with Gasteiger partial charge in [0.25, 0.3) is 0 Å². The van der Waals surface area contributed by atoms with Crippen LogP contribution in [0.2, 0.25) is 0 Å². The lowest BCUT2D eigenvalue weighted by atomic mass is 9.64. The van der Waals surface area contributed by atoms with Crippen LogP contribution in [0.4, 0.5) is 0 Å². The van der Waals surface area contributed by atoms with Crippen LogP contribution in [0.5, 0.6) is 0 Å². The first-order chi connectivity index (χ1) is 9.02. The first kappa shape index (κ1) is 13.6. The molecule has 0 aromatic heterocycles. The highest BCUT2D eigenvalue weighted by atomic mass is 79.9. The Hall–Kier alpha value is -0.380.